The van der Waals surface area contributed by atoms with Gasteiger partial charge in [0.05, 0.1) is 14.5 Å². The second-order valence-corrected chi connectivity index (χ2v) is 8.27. The number of likely N-dealkylation sites (tertiary alicyclic amines) is 1. The largest absolute Gasteiger partial charge is 0.467 e. The van der Waals surface area contributed by atoms with Crippen molar-refractivity contribution < 1.29 is 23.2 Å². The molecule has 0 N–H and O–H groups in total. The Balaban J connectivity index is 1.38. The normalized spacial score (nSPS) is 15.1. The summed E-state index contributed by atoms with van der Waals surface area (Å²) in [5, 5.41) is 11.0. The summed E-state index contributed by atoms with van der Waals surface area (Å²) in [4.78, 5) is 28.7. The average Bonchev–Trinajstić information content (AvgIpc) is 3.29. The number of amides is 1. The summed E-state index contributed by atoms with van der Waals surface area (Å²) in [6.45, 7) is 0.867. The van der Waals surface area contributed by atoms with E-state index in [1.54, 1.807) is 4.90 Å². The summed E-state index contributed by atoms with van der Waals surface area (Å²) in [7, 11) is 0. The van der Waals surface area contributed by atoms with Gasteiger partial charge in [0.25, 0.3) is 11.1 Å². The number of thiophene rings is 1. The smallest absolute Gasteiger partial charge is 0.324 e. The van der Waals surface area contributed by atoms with Crippen molar-refractivity contribution in [2.45, 2.75) is 18.9 Å². The van der Waals surface area contributed by atoms with Gasteiger partial charge >= 0.3 is 5.00 Å². The molecular formula is C17H13F2N3O4S2. The summed E-state index contributed by atoms with van der Waals surface area (Å²) in [6.07, 6.45) is 0.896. The number of hydrogen-bond donors (Lipinski definition) is 0. The second-order valence-electron chi connectivity index (χ2n) is 6.22. The van der Waals surface area contributed by atoms with Gasteiger partial charge in [-0.25, -0.2) is 8.78 Å². The number of carbonyl (C=O) groups excluding carboxylic acids is 1. The van der Waals surface area contributed by atoms with E-state index in [2.05, 4.69) is 4.98 Å². The highest BCUT2D eigenvalue weighted by Crippen LogP contribution is 2.32. The third-order valence-electron chi connectivity index (χ3n) is 4.37. The zero-order valence-corrected chi connectivity index (χ0v) is 15.9. The molecule has 1 aromatic carbocycles. The summed E-state index contributed by atoms with van der Waals surface area (Å²) in [5.41, 5.74) is 0.0771. The molecule has 11 heteroatoms. The average molecular weight is 425 g/mol. The van der Waals surface area contributed by atoms with E-state index in [4.69, 9.17) is 4.74 Å². The van der Waals surface area contributed by atoms with Crippen molar-refractivity contribution in [3.63, 3.8) is 0 Å². The maximum Gasteiger partial charge on any atom is 0.324 e. The number of hydrogen-bond acceptors (Lipinski definition) is 7. The van der Waals surface area contributed by atoms with E-state index in [-0.39, 0.29) is 27.7 Å². The highest BCUT2D eigenvalue weighted by molar-refractivity contribution is 7.20. The lowest BCUT2D eigenvalue weighted by Gasteiger charge is -2.31. The minimum Gasteiger partial charge on any atom is -0.467 e. The van der Waals surface area contributed by atoms with E-state index in [0.29, 0.717) is 35.5 Å². The molecule has 1 fully saturated rings. The number of nitro groups is 1. The van der Waals surface area contributed by atoms with Crippen LogP contribution < -0.4 is 4.74 Å². The molecule has 1 aliphatic heterocycles. The lowest BCUT2D eigenvalue weighted by atomic mass is 10.1. The van der Waals surface area contributed by atoms with Gasteiger partial charge in [0.1, 0.15) is 17.4 Å². The Morgan fingerprint density at radius 1 is 1.25 bits per heavy atom. The van der Waals surface area contributed by atoms with Crippen molar-refractivity contribution in [3.05, 3.63) is 50.9 Å². The fraction of sp³-hybridized carbons (Fsp3) is 0.294. The van der Waals surface area contributed by atoms with E-state index in [9.17, 15) is 23.7 Å². The number of aromatic nitrogens is 1. The van der Waals surface area contributed by atoms with Gasteiger partial charge in [0.15, 0.2) is 5.82 Å². The summed E-state index contributed by atoms with van der Waals surface area (Å²) >= 11 is 1.93. The van der Waals surface area contributed by atoms with Crippen LogP contribution in [0.25, 0.3) is 10.2 Å². The Labute approximate surface area is 165 Å². The Morgan fingerprint density at radius 3 is 2.68 bits per heavy atom. The summed E-state index contributed by atoms with van der Waals surface area (Å²) in [5.74, 6) is -1.64. The van der Waals surface area contributed by atoms with Crippen LogP contribution in [0, 0.1) is 21.7 Å². The van der Waals surface area contributed by atoms with Crippen molar-refractivity contribution in [2.75, 3.05) is 13.1 Å². The van der Waals surface area contributed by atoms with Crippen LogP contribution in [0.2, 0.25) is 0 Å². The van der Waals surface area contributed by atoms with Gasteiger partial charge in [-0.2, -0.15) is 4.98 Å². The molecule has 146 valence electrons. The molecule has 0 saturated carbocycles. The zero-order chi connectivity index (χ0) is 19.8. The minimum atomic E-state index is -0.730. The first kappa shape index (κ1) is 18.7. The lowest BCUT2D eigenvalue weighted by molar-refractivity contribution is -0.380. The monoisotopic (exact) mass is 425 g/mol. The number of rotatable bonds is 4. The molecule has 0 aliphatic carbocycles. The van der Waals surface area contributed by atoms with Gasteiger partial charge in [-0.1, -0.05) is 22.7 Å². The molecule has 0 atom stereocenters. The molecule has 3 aromatic rings. The molecule has 4 rings (SSSR count). The number of benzene rings is 1. The number of thiazole rings is 1. The first-order valence-corrected chi connectivity index (χ1v) is 10.00. The number of piperidine rings is 1. The molecule has 1 aliphatic rings. The highest BCUT2D eigenvalue weighted by Gasteiger charge is 2.27. The fourth-order valence-electron chi connectivity index (χ4n) is 3.00. The van der Waals surface area contributed by atoms with Gasteiger partial charge in [0, 0.05) is 38.1 Å². The molecule has 0 bridgehead atoms. The van der Waals surface area contributed by atoms with E-state index < -0.39 is 16.6 Å². The number of nitrogens with zero attached hydrogens (tertiary/aromatic N) is 3. The van der Waals surface area contributed by atoms with E-state index in [0.717, 1.165) is 28.7 Å². The Kier molecular flexibility index (Phi) is 4.94. The van der Waals surface area contributed by atoms with E-state index >= 15 is 0 Å². The van der Waals surface area contributed by atoms with Crippen LogP contribution in [0.15, 0.2) is 24.3 Å². The predicted octanol–water partition coefficient (Wildman–Crippen LogP) is 4.23. The number of carbonyl (C=O) groups is 1. The first-order chi connectivity index (χ1) is 13.4. The molecule has 2 aromatic heterocycles. The van der Waals surface area contributed by atoms with Crippen LogP contribution >= 0.6 is 22.7 Å². The van der Waals surface area contributed by atoms with Gasteiger partial charge < -0.3 is 9.64 Å². The second kappa shape index (κ2) is 7.40. The maximum absolute atomic E-state index is 13.8. The summed E-state index contributed by atoms with van der Waals surface area (Å²) < 4.78 is 33.2. The van der Waals surface area contributed by atoms with E-state index in [1.165, 1.54) is 18.2 Å². The molecule has 0 spiro atoms. The molecule has 0 unspecified atom stereocenters. The van der Waals surface area contributed by atoms with Crippen molar-refractivity contribution in [1.29, 1.82) is 0 Å². The number of ether oxygens (including phenoxy) is 1. The fourth-order valence-corrected chi connectivity index (χ4v) is 4.71. The van der Waals surface area contributed by atoms with Crippen LogP contribution in [0.5, 0.6) is 5.19 Å². The van der Waals surface area contributed by atoms with Gasteiger partial charge in [0.2, 0.25) is 0 Å². The van der Waals surface area contributed by atoms with Crippen LogP contribution in [-0.4, -0.2) is 39.9 Å². The molecule has 1 saturated heterocycles. The van der Waals surface area contributed by atoms with Crippen molar-refractivity contribution >= 4 is 43.8 Å². The Bertz CT molecular complexity index is 1060. The topological polar surface area (TPSA) is 85.6 Å². The maximum atomic E-state index is 13.8. The molecule has 1 amide bonds. The van der Waals surface area contributed by atoms with Crippen LogP contribution in [0.1, 0.15) is 22.5 Å². The van der Waals surface area contributed by atoms with Crippen LogP contribution in [0.3, 0.4) is 0 Å². The van der Waals surface area contributed by atoms with Gasteiger partial charge in [-0.05, 0) is 12.1 Å². The number of halogens is 2. The van der Waals surface area contributed by atoms with Crippen LogP contribution in [-0.2, 0) is 0 Å². The molecule has 7 nitrogen and oxygen atoms in total. The molecular weight excluding hydrogens is 412 g/mol. The van der Waals surface area contributed by atoms with Gasteiger partial charge in [-0.15, -0.1) is 0 Å². The SMILES string of the molecule is O=C(c1ccc([N+](=O)[O-])s1)N1CCC(Oc2nc3c(F)cc(F)cc3s2)CC1. The third kappa shape index (κ3) is 3.67. The summed E-state index contributed by atoms with van der Waals surface area (Å²) in [6, 6.07) is 4.78. The highest BCUT2D eigenvalue weighted by atomic mass is 32.1. The van der Waals surface area contributed by atoms with Crippen molar-refractivity contribution in [1.82, 2.24) is 9.88 Å². The molecule has 28 heavy (non-hydrogen) atoms. The van der Waals surface area contributed by atoms with Crippen molar-refractivity contribution in [3.8, 4) is 5.19 Å². The van der Waals surface area contributed by atoms with E-state index in [1.807, 2.05) is 0 Å². The molecule has 3 heterocycles. The third-order valence-corrected chi connectivity index (χ3v) is 6.29. The molecule has 0 radical (unpaired) electrons. The minimum absolute atomic E-state index is 0.0684. The Hall–Kier alpha value is -2.66. The Morgan fingerprint density at radius 2 is 2.00 bits per heavy atom. The lowest BCUT2D eigenvalue weighted by Crippen LogP contribution is -2.41. The van der Waals surface area contributed by atoms with Gasteiger partial charge in [-0.3, -0.25) is 14.9 Å². The van der Waals surface area contributed by atoms with Crippen molar-refractivity contribution in [2.24, 2.45) is 0 Å². The standard InChI is InChI=1S/C17H13F2N3O4S2/c18-9-7-11(19)15-13(8-9)28-17(20-15)26-10-3-5-21(6-4-10)16(23)12-1-2-14(27-12)22(24)25/h1-2,7-8,10H,3-6H2. The number of fused-ring (bicyclic) bond motifs is 1. The van der Waals surface area contributed by atoms with Crippen LogP contribution in [0.4, 0.5) is 13.8 Å². The first-order valence-electron chi connectivity index (χ1n) is 8.36. The quantitative estimate of drug-likeness (QED) is 0.461. The zero-order valence-electron chi connectivity index (χ0n) is 14.3. The predicted molar refractivity (Wildman–Crippen MR) is 100 cm³/mol.